The van der Waals surface area contributed by atoms with Gasteiger partial charge in [0.1, 0.15) is 0 Å². The molecule has 3 heteroatoms. The van der Waals surface area contributed by atoms with Crippen LogP contribution >= 0.6 is 0 Å². The minimum atomic E-state index is 0.107. The Bertz CT molecular complexity index is 366. The second kappa shape index (κ2) is 5.82. The molecule has 17 heavy (non-hydrogen) atoms. The fourth-order valence-corrected chi connectivity index (χ4v) is 2.07. The van der Waals surface area contributed by atoms with E-state index in [2.05, 4.69) is 5.32 Å². The lowest BCUT2D eigenvalue weighted by Crippen LogP contribution is -2.12. The molecule has 1 fully saturated rings. The zero-order valence-electron chi connectivity index (χ0n) is 10.2. The Kier molecular flexibility index (Phi) is 4.15. The molecule has 1 aromatic rings. The third-order valence-electron chi connectivity index (χ3n) is 3.11. The van der Waals surface area contributed by atoms with Crippen molar-refractivity contribution in [2.75, 3.05) is 18.5 Å². The van der Waals surface area contributed by atoms with Crippen LogP contribution in [0, 0.1) is 0 Å². The molecule has 0 bridgehead atoms. The number of anilines is 1. The van der Waals surface area contributed by atoms with Crippen LogP contribution in [-0.4, -0.2) is 25.0 Å². The molecule has 1 unspecified atom stereocenters. The summed E-state index contributed by atoms with van der Waals surface area (Å²) in [5.41, 5.74) is 1.82. The number of nitrogens with one attached hydrogen (secondary N) is 1. The van der Waals surface area contributed by atoms with Gasteiger partial charge in [-0.1, -0.05) is 0 Å². The van der Waals surface area contributed by atoms with Gasteiger partial charge in [0.15, 0.2) is 5.78 Å². The van der Waals surface area contributed by atoms with Gasteiger partial charge in [-0.15, -0.1) is 0 Å². The first-order valence-corrected chi connectivity index (χ1v) is 6.22. The smallest absolute Gasteiger partial charge is 0.159 e. The molecule has 1 aromatic carbocycles. The van der Waals surface area contributed by atoms with Gasteiger partial charge in [-0.05, 0) is 50.5 Å². The second-order valence-electron chi connectivity index (χ2n) is 4.48. The number of rotatable bonds is 5. The Labute approximate surface area is 102 Å². The molecule has 1 aliphatic rings. The molecule has 1 N–H and O–H groups in total. The van der Waals surface area contributed by atoms with Crippen molar-refractivity contribution in [3.63, 3.8) is 0 Å². The predicted octanol–water partition coefficient (Wildman–Crippen LogP) is 2.87. The van der Waals surface area contributed by atoms with Gasteiger partial charge in [0.2, 0.25) is 0 Å². The van der Waals surface area contributed by atoms with E-state index in [0.29, 0.717) is 6.10 Å². The van der Waals surface area contributed by atoms with Gasteiger partial charge in [0, 0.05) is 24.4 Å². The molecule has 92 valence electrons. The van der Waals surface area contributed by atoms with Crippen LogP contribution in [0.3, 0.4) is 0 Å². The zero-order valence-corrected chi connectivity index (χ0v) is 10.2. The first-order valence-electron chi connectivity index (χ1n) is 6.22. The van der Waals surface area contributed by atoms with Crippen molar-refractivity contribution in [1.29, 1.82) is 0 Å². The summed E-state index contributed by atoms with van der Waals surface area (Å²) in [5.74, 6) is 0.107. The molecule has 1 saturated heterocycles. The molecule has 1 atom stereocenters. The molecule has 2 rings (SSSR count). The largest absolute Gasteiger partial charge is 0.385 e. The van der Waals surface area contributed by atoms with Crippen molar-refractivity contribution in [2.24, 2.45) is 0 Å². The van der Waals surface area contributed by atoms with E-state index in [1.165, 1.54) is 12.8 Å². The Hall–Kier alpha value is -1.35. The van der Waals surface area contributed by atoms with Crippen molar-refractivity contribution in [3.8, 4) is 0 Å². The Balaban J connectivity index is 1.76. The summed E-state index contributed by atoms with van der Waals surface area (Å²) in [6, 6.07) is 7.62. The van der Waals surface area contributed by atoms with Gasteiger partial charge >= 0.3 is 0 Å². The van der Waals surface area contributed by atoms with Crippen LogP contribution in [0.5, 0.6) is 0 Å². The molecule has 0 radical (unpaired) electrons. The zero-order chi connectivity index (χ0) is 12.1. The molecular formula is C14H19NO2. The van der Waals surface area contributed by atoms with Crippen molar-refractivity contribution in [2.45, 2.75) is 32.3 Å². The second-order valence-corrected chi connectivity index (χ2v) is 4.48. The van der Waals surface area contributed by atoms with Crippen molar-refractivity contribution >= 4 is 11.5 Å². The summed E-state index contributed by atoms with van der Waals surface area (Å²) in [6.07, 6.45) is 3.86. The molecule has 0 saturated carbocycles. The average molecular weight is 233 g/mol. The summed E-state index contributed by atoms with van der Waals surface area (Å²) in [4.78, 5) is 11.1. The fraction of sp³-hybridized carbons (Fsp3) is 0.500. The molecular weight excluding hydrogens is 214 g/mol. The highest BCUT2D eigenvalue weighted by Crippen LogP contribution is 2.16. The number of hydrogen-bond donors (Lipinski definition) is 1. The fourth-order valence-electron chi connectivity index (χ4n) is 2.07. The molecule has 3 nitrogen and oxygen atoms in total. The third-order valence-corrected chi connectivity index (χ3v) is 3.11. The van der Waals surface area contributed by atoms with Gasteiger partial charge in [-0.25, -0.2) is 0 Å². The number of carbonyl (C=O) groups excluding carboxylic acids is 1. The van der Waals surface area contributed by atoms with Crippen LogP contribution in [0.2, 0.25) is 0 Å². The van der Waals surface area contributed by atoms with E-state index in [4.69, 9.17) is 4.74 Å². The lowest BCUT2D eigenvalue weighted by atomic mass is 10.1. The number of carbonyl (C=O) groups is 1. The SMILES string of the molecule is CC(=O)c1ccc(NCCC2CCCO2)cc1. The Morgan fingerprint density at radius 3 is 2.76 bits per heavy atom. The van der Waals surface area contributed by atoms with E-state index in [-0.39, 0.29) is 5.78 Å². The summed E-state index contributed by atoms with van der Waals surface area (Å²) in [7, 11) is 0. The van der Waals surface area contributed by atoms with Crippen LogP contribution in [0.15, 0.2) is 24.3 Å². The standard InChI is InChI=1S/C14H19NO2/c1-11(16)12-4-6-13(7-5-12)15-9-8-14-3-2-10-17-14/h4-7,14-15H,2-3,8-10H2,1H3. The normalized spacial score (nSPS) is 19.2. The highest BCUT2D eigenvalue weighted by molar-refractivity contribution is 5.94. The van der Waals surface area contributed by atoms with E-state index in [1.54, 1.807) is 6.92 Å². The van der Waals surface area contributed by atoms with Crippen molar-refractivity contribution in [1.82, 2.24) is 0 Å². The monoisotopic (exact) mass is 233 g/mol. The van der Waals surface area contributed by atoms with Crippen molar-refractivity contribution < 1.29 is 9.53 Å². The van der Waals surface area contributed by atoms with Gasteiger partial charge in [0.25, 0.3) is 0 Å². The van der Waals surface area contributed by atoms with Crippen LogP contribution in [-0.2, 0) is 4.74 Å². The lowest BCUT2D eigenvalue weighted by Gasteiger charge is -2.11. The van der Waals surface area contributed by atoms with Crippen LogP contribution < -0.4 is 5.32 Å². The quantitative estimate of drug-likeness (QED) is 0.795. The van der Waals surface area contributed by atoms with Gasteiger partial charge in [-0.2, -0.15) is 0 Å². The average Bonchev–Trinajstić information content (AvgIpc) is 2.83. The van der Waals surface area contributed by atoms with E-state index in [0.717, 1.165) is 30.8 Å². The number of hydrogen-bond acceptors (Lipinski definition) is 3. The van der Waals surface area contributed by atoms with Crippen LogP contribution in [0.1, 0.15) is 36.5 Å². The molecule has 0 amide bonds. The molecule has 1 aliphatic heterocycles. The first kappa shape index (κ1) is 12.1. The van der Waals surface area contributed by atoms with Gasteiger partial charge in [0.05, 0.1) is 6.10 Å². The number of ether oxygens (including phenoxy) is 1. The van der Waals surface area contributed by atoms with E-state index < -0.39 is 0 Å². The van der Waals surface area contributed by atoms with Crippen LogP contribution in [0.4, 0.5) is 5.69 Å². The summed E-state index contributed by atoms with van der Waals surface area (Å²) in [6.45, 7) is 3.42. The van der Waals surface area contributed by atoms with E-state index >= 15 is 0 Å². The number of ketones is 1. The summed E-state index contributed by atoms with van der Waals surface area (Å²) in [5, 5.41) is 3.35. The first-order chi connectivity index (χ1) is 8.25. The summed E-state index contributed by atoms with van der Waals surface area (Å²) < 4.78 is 5.56. The maximum absolute atomic E-state index is 11.1. The van der Waals surface area contributed by atoms with Gasteiger partial charge < -0.3 is 10.1 Å². The predicted molar refractivity (Wildman–Crippen MR) is 68.5 cm³/mol. The molecule has 0 aliphatic carbocycles. The van der Waals surface area contributed by atoms with Gasteiger partial charge in [-0.3, -0.25) is 4.79 Å². The van der Waals surface area contributed by atoms with Crippen LogP contribution in [0.25, 0.3) is 0 Å². The number of benzene rings is 1. The third kappa shape index (κ3) is 3.56. The minimum Gasteiger partial charge on any atom is -0.385 e. The Morgan fingerprint density at radius 1 is 1.41 bits per heavy atom. The van der Waals surface area contributed by atoms with E-state index in [1.807, 2.05) is 24.3 Å². The maximum Gasteiger partial charge on any atom is 0.159 e. The topological polar surface area (TPSA) is 38.3 Å². The lowest BCUT2D eigenvalue weighted by molar-refractivity contribution is 0.101. The van der Waals surface area contributed by atoms with Crippen molar-refractivity contribution in [3.05, 3.63) is 29.8 Å². The highest BCUT2D eigenvalue weighted by Gasteiger charge is 2.14. The minimum absolute atomic E-state index is 0.107. The summed E-state index contributed by atoms with van der Waals surface area (Å²) >= 11 is 0. The molecule has 1 heterocycles. The highest BCUT2D eigenvalue weighted by atomic mass is 16.5. The molecule has 0 spiro atoms. The number of Topliss-reactive ketones (excluding diaryl/α,β-unsaturated/α-hetero) is 1. The Morgan fingerprint density at radius 2 is 2.18 bits per heavy atom. The maximum atomic E-state index is 11.1. The van der Waals surface area contributed by atoms with E-state index in [9.17, 15) is 4.79 Å². The molecule has 0 aromatic heterocycles.